The Kier molecular flexibility index (Phi) is 11.1. The summed E-state index contributed by atoms with van der Waals surface area (Å²) >= 11 is 20.2. The maximum absolute atomic E-state index is 12.8. The van der Waals surface area contributed by atoms with Gasteiger partial charge < -0.3 is 17.3 Å². The van der Waals surface area contributed by atoms with Gasteiger partial charge >= 0.3 is 7.25 Å². The van der Waals surface area contributed by atoms with Crippen molar-refractivity contribution in [3.63, 3.8) is 0 Å². The van der Waals surface area contributed by atoms with E-state index in [1.54, 1.807) is 23.9 Å². The van der Waals surface area contributed by atoms with Crippen molar-refractivity contribution in [3.8, 4) is 0 Å². The number of ketones is 1. The molecule has 0 unspecified atom stereocenters. The fraction of sp³-hybridized carbons (Fsp3) is 0. The molecule has 0 aliphatic rings. The molecule has 0 aromatic heterocycles. The predicted molar refractivity (Wildman–Crippen MR) is 167 cm³/mol. The average molecular weight is 666 g/mol. The third-order valence-electron chi connectivity index (χ3n) is 5.63. The number of benzene rings is 5. The summed E-state index contributed by atoms with van der Waals surface area (Å²) in [6.45, 7) is 0. The van der Waals surface area contributed by atoms with Gasteiger partial charge in [0.1, 0.15) is 0 Å². The molecule has 0 bridgehead atoms. The van der Waals surface area contributed by atoms with Gasteiger partial charge in [-0.05, 0) is 109 Å². The standard InChI is InChI=1S/C31H20Cl3OS2.BF4/c32-22-7-15-26(16-8-22)37(27-17-9-23(33)10-18-27)28-19-13-25(14-20-28)36-24-11-5-21(6-12-24)31(35)29-3-1-2-4-30(29)34;2-1(3,4)5/h1-20H;/q+1;-1. The Morgan fingerprint density at radius 1 is 0.571 bits per heavy atom. The van der Waals surface area contributed by atoms with E-state index in [-0.39, 0.29) is 16.7 Å². The zero-order chi connectivity index (χ0) is 30.3. The van der Waals surface area contributed by atoms with Crippen molar-refractivity contribution in [2.75, 3.05) is 0 Å². The third kappa shape index (κ3) is 9.31. The molecule has 5 rings (SSSR count). The Bertz CT molecular complexity index is 1580. The summed E-state index contributed by atoms with van der Waals surface area (Å²) in [7, 11) is -6.29. The van der Waals surface area contributed by atoms with Crippen molar-refractivity contribution in [1.29, 1.82) is 0 Å². The molecule has 0 radical (unpaired) electrons. The molecule has 5 aromatic carbocycles. The van der Waals surface area contributed by atoms with Gasteiger partial charge in [-0.1, -0.05) is 58.7 Å². The molecule has 0 amide bonds. The van der Waals surface area contributed by atoms with Gasteiger partial charge in [0.2, 0.25) is 0 Å². The highest BCUT2D eigenvalue weighted by atomic mass is 35.5. The summed E-state index contributed by atoms with van der Waals surface area (Å²) in [5, 5.41) is 1.90. The summed E-state index contributed by atoms with van der Waals surface area (Å²) < 4.78 is 39.0. The molecule has 0 aliphatic carbocycles. The zero-order valence-electron chi connectivity index (χ0n) is 21.5. The van der Waals surface area contributed by atoms with E-state index in [4.69, 9.17) is 34.8 Å². The first kappa shape index (κ1) is 32.0. The van der Waals surface area contributed by atoms with Crippen LogP contribution < -0.4 is 0 Å². The fourth-order valence-corrected chi connectivity index (χ4v) is 7.14. The second-order valence-corrected chi connectivity index (χ2v) is 13.1. The van der Waals surface area contributed by atoms with Gasteiger partial charge in [-0.2, -0.15) is 0 Å². The van der Waals surface area contributed by atoms with E-state index in [9.17, 15) is 22.1 Å². The number of carbonyl (C=O) groups excluding carboxylic acids is 1. The normalized spacial score (nSPS) is 11.1. The van der Waals surface area contributed by atoms with Gasteiger partial charge in [0.25, 0.3) is 0 Å². The van der Waals surface area contributed by atoms with E-state index < -0.39 is 7.25 Å². The minimum absolute atomic E-state index is 0.0806. The minimum Gasteiger partial charge on any atom is -0.418 e. The lowest BCUT2D eigenvalue weighted by Gasteiger charge is -2.09. The summed E-state index contributed by atoms with van der Waals surface area (Å²) in [5.74, 6) is -0.0806. The molecule has 0 atom stereocenters. The summed E-state index contributed by atoms with van der Waals surface area (Å²) in [5.41, 5.74) is 1.12. The van der Waals surface area contributed by atoms with Crippen LogP contribution in [0.15, 0.2) is 146 Å². The molecule has 0 N–H and O–H groups in total. The van der Waals surface area contributed by atoms with Crippen LogP contribution in [0.3, 0.4) is 0 Å². The van der Waals surface area contributed by atoms with Crippen molar-refractivity contribution in [2.45, 2.75) is 24.5 Å². The monoisotopic (exact) mass is 664 g/mol. The summed E-state index contributed by atoms with van der Waals surface area (Å²) in [6.07, 6.45) is 0. The first-order valence-electron chi connectivity index (χ1n) is 12.3. The molecule has 0 heterocycles. The lowest BCUT2D eigenvalue weighted by molar-refractivity contribution is 0.103. The first-order valence-corrected chi connectivity index (χ1v) is 15.5. The second-order valence-electron chi connectivity index (χ2n) is 8.62. The molecular formula is C31H20BCl3F4OS2. The van der Waals surface area contributed by atoms with Crippen LogP contribution >= 0.6 is 46.6 Å². The van der Waals surface area contributed by atoms with Crippen LogP contribution in [-0.4, -0.2) is 13.0 Å². The fourth-order valence-electron chi connectivity index (χ4n) is 3.80. The SMILES string of the molecule is F[B-](F)(F)F.O=C(c1ccc(Sc2ccc([S+](c3ccc(Cl)cc3)c3ccc(Cl)cc3)cc2)cc1)c1ccccc1Cl. The van der Waals surface area contributed by atoms with Crippen LogP contribution in [0.1, 0.15) is 15.9 Å². The van der Waals surface area contributed by atoms with Crippen LogP contribution in [0.25, 0.3) is 0 Å². The van der Waals surface area contributed by atoms with Crippen LogP contribution in [0.4, 0.5) is 17.3 Å². The highest BCUT2D eigenvalue weighted by molar-refractivity contribution is 7.99. The van der Waals surface area contributed by atoms with Gasteiger partial charge in [0.05, 0.1) is 15.9 Å². The largest absolute Gasteiger partial charge is 0.673 e. The third-order valence-corrected chi connectivity index (χ3v) is 9.71. The molecule has 0 fully saturated rings. The van der Waals surface area contributed by atoms with E-state index in [1.807, 2.05) is 60.7 Å². The molecule has 0 spiro atoms. The minimum atomic E-state index is -6.00. The van der Waals surface area contributed by atoms with Crippen LogP contribution in [0.2, 0.25) is 15.1 Å². The number of hydrogen-bond donors (Lipinski definition) is 0. The molecule has 5 aromatic rings. The number of rotatable bonds is 7. The van der Waals surface area contributed by atoms with Gasteiger partial charge in [-0.15, -0.1) is 0 Å². The number of hydrogen-bond acceptors (Lipinski definition) is 2. The molecular weight excluding hydrogens is 646 g/mol. The highest BCUT2D eigenvalue weighted by Crippen LogP contribution is 2.35. The lowest BCUT2D eigenvalue weighted by atomic mass is 10.0. The van der Waals surface area contributed by atoms with Gasteiger partial charge in [-0.3, -0.25) is 4.79 Å². The molecule has 42 heavy (non-hydrogen) atoms. The molecule has 1 nitrogen and oxygen atoms in total. The van der Waals surface area contributed by atoms with Gasteiger partial charge in [0, 0.05) is 31.0 Å². The van der Waals surface area contributed by atoms with Crippen molar-refractivity contribution >= 4 is 70.5 Å². The van der Waals surface area contributed by atoms with E-state index in [0.29, 0.717) is 16.1 Å². The lowest BCUT2D eigenvalue weighted by Crippen LogP contribution is -2.04. The smallest absolute Gasteiger partial charge is 0.418 e. The molecule has 0 aliphatic heterocycles. The Labute approximate surface area is 263 Å². The predicted octanol–water partition coefficient (Wildman–Crippen LogP) is 11.4. The maximum atomic E-state index is 12.8. The highest BCUT2D eigenvalue weighted by Gasteiger charge is 2.28. The Morgan fingerprint density at radius 3 is 1.38 bits per heavy atom. The van der Waals surface area contributed by atoms with Crippen molar-refractivity contribution in [1.82, 2.24) is 0 Å². The van der Waals surface area contributed by atoms with Crippen LogP contribution in [-0.2, 0) is 10.9 Å². The van der Waals surface area contributed by atoms with Gasteiger partial charge in [0.15, 0.2) is 20.5 Å². The Balaban J connectivity index is 0.000000748. The molecule has 0 saturated carbocycles. The molecule has 11 heteroatoms. The summed E-state index contributed by atoms with van der Waals surface area (Å²) in [4.78, 5) is 18.5. The molecule has 0 saturated heterocycles. The number of halogens is 7. The Hall–Kier alpha value is -2.88. The quantitative estimate of drug-likeness (QED) is 0.0745. The van der Waals surface area contributed by atoms with E-state index in [2.05, 4.69) is 48.5 Å². The van der Waals surface area contributed by atoms with Crippen LogP contribution in [0, 0.1) is 0 Å². The van der Waals surface area contributed by atoms with Crippen molar-refractivity contribution in [2.24, 2.45) is 0 Å². The zero-order valence-corrected chi connectivity index (χ0v) is 25.4. The first-order chi connectivity index (χ1) is 20.0. The summed E-state index contributed by atoms with van der Waals surface area (Å²) in [6, 6.07) is 39.4. The van der Waals surface area contributed by atoms with Crippen molar-refractivity contribution < 1.29 is 22.1 Å². The van der Waals surface area contributed by atoms with Crippen LogP contribution in [0.5, 0.6) is 0 Å². The van der Waals surface area contributed by atoms with E-state index in [0.717, 1.165) is 19.8 Å². The van der Waals surface area contributed by atoms with E-state index in [1.165, 1.54) is 14.7 Å². The van der Waals surface area contributed by atoms with Gasteiger partial charge in [-0.25, -0.2) is 0 Å². The molecule has 214 valence electrons. The van der Waals surface area contributed by atoms with E-state index >= 15 is 0 Å². The second kappa shape index (κ2) is 14.5. The average Bonchev–Trinajstić information content (AvgIpc) is 2.95. The van der Waals surface area contributed by atoms with Crippen molar-refractivity contribution in [3.05, 3.63) is 148 Å². The Morgan fingerprint density at radius 2 is 0.952 bits per heavy atom. The topological polar surface area (TPSA) is 17.1 Å². The number of carbonyl (C=O) groups is 1. The maximum Gasteiger partial charge on any atom is 0.673 e.